The average Bonchev–Trinajstić information content (AvgIpc) is 2.34. The van der Waals surface area contributed by atoms with Crippen LogP contribution in [0.25, 0.3) is 0 Å². The van der Waals surface area contributed by atoms with Crippen molar-refractivity contribution in [2.24, 2.45) is 11.5 Å². The Hall–Kier alpha value is -1.48. The van der Waals surface area contributed by atoms with Crippen LogP contribution >= 0.6 is 12.6 Å². The Balaban J connectivity index is 4.03. The van der Waals surface area contributed by atoms with Gasteiger partial charge in [0.2, 0.25) is 5.91 Å². The molecule has 0 aliphatic heterocycles. The van der Waals surface area contributed by atoms with Crippen molar-refractivity contribution in [2.45, 2.75) is 31.3 Å². The van der Waals surface area contributed by atoms with Crippen LogP contribution in [0.15, 0.2) is 0 Å². The summed E-state index contributed by atoms with van der Waals surface area (Å²) in [4.78, 5) is 22.4. The lowest BCUT2D eigenvalue weighted by atomic mass is 10.1. The minimum atomic E-state index is -1.10. The molecule has 0 aromatic rings. The highest BCUT2D eigenvalue weighted by Crippen LogP contribution is 2.01. The Kier molecular flexibility index (Phi) is 8.71. The van der Waals surface area contributed by atoms with Gasteiger partial charge in [-0.15, -0.1) is 0 Å². The molecule has 2 atom stereocenters. The van der Waals surface area contributed by atoms with E-state index in [1.165, 1.54) is 0 Å². The van der Waals surface area contributed by atoms with Crippen LogP contribution in [-0.2, 0) is 9.59 Å². The molecule has 8 N–H and O–H groups in total. The highest BCUT2D eigenvalue weighted by Gasteiger charge is 2.22. The highest BCUT2D eigenvalue weighted by atomic mass is 32.1. The molecule has 0 saturated carbocycles. The number of guanidine groups is 1. The van der Waals surface area contributed by atoms with E-state index in [1.807, 2.05) is 0 Å². The van der Waals surface area contributed by atoms with Gasteiger partial charge in [0, 0.05) is 12.3 Å². The Bertz CT molecular complexity index is 326. The zero-order chi connectivity index (χ0) is 14.8. The first kappa shape index (κ1) is 17.5. The number of thiol groups is 1. The average molecular weight is 291 g/mol. The Morgan fingerprint density at radius 3 is 2.47 bits per heavy atom. The standard InChI is InChI=1S/C10H21N5O3S/c11-6(5-19)8(16)15-7(9(17)18)3-1-2-4-14-10(12)13/h6-7,19H,1-5,11H2,(H,15,16)(H,17,18)(H4,12,13,14)/t6-,7-/m0/s1. The molecule has 1 amide bonds. The third kappa shape index (κ3) is 8.27. The number of amides is 1. The molecule has 0 aliphatic carbocycles. The fourth-order valence-electron chi connectivity index (χ4n) is 1.32. The SMILES string of the molecule is N=C(N)NCCCC[C@H](NC(=O)[C@@H](N)CS)C(=O)O. The summed E-state index contributed by atoms with van der Waals surface area (Å²) in [6, 6.07) is -1.78. The molecule has 19 heavy (non-hydrogen) atoms. The van der Waals surface area contributed by atoms with E-state index < -0.39 is 24.0 Å². The second-order valence-corrected chi connectivity index (χ2v) is 4.39. The number of carboxylic acid groups (broad SMARTS) is 1. The summed E-state index contributed by atoms with van der Waals surface area (Å²) in [6.45, 7) is 0.492. The molecule has 0 heterocycles. The van der Waals surface area contributed by atoms with Crippen LogP contribution in [0.3, 0.4) is 0 Å². The van der Waals surface area contributed by atoms with E-state index in [2.05, 4.69) is 23.3 Å². The summed E-state index contributed by atoms with van der Waals surface area (Å²) in [5.41, 5.74) is 10.5. The van der Waals surface area contributed by atoms with E-state index in [0.29, 0.717) is 25.8 Å². The molecule has 0 aromatic heterocycles. The number of hydrogen-bond donors (Lipinski definition) is 7. The zero-order valence-electron chi connectivity index (χ0n) is 10.6. The number of unbranched alkanes of at least 4 members (excludes halogenated alkanes) is 1. The molecular weight excluding hydrogens is 270 g/mol. The summed E-state index contributed by atoms with van der Waals surface area (Å²) in [5, 5.41) is 20.9. The number of carbonyl (C=O) groups excluding carboxylic acids is 1. The summed E-state index contributed by atoms with van der Waals surface area (Å²) in [5.74, 6) is -1.59. The monoisotopic (exact) mass is 291 g/mol. The molecule has 0 saturated heterocycles. The van der Waals surface area contributed by atoms with Crippen LogP contribution < -0.4 is 22.1 Å². The predicted octanol–water partition coefficient (Wildman–Crippen LogP) is -1.53. The molecule has 110 valence electrons. The van der Waals surface area contributed by atoms with Crippen LogP contribution in [0.5, 0.6) is 0 Å². The first-order valence-electron chi connectivity index (χ1n) is 5.86. The van der Waals surface area contributed by atoms with Gasteiger partial charge in [-0.3, -0.25) is 10.2 Å². The van der Waals surface area contributed by atoms with E-state index in [1.54, 1.807) is 0 Å². The number of carboxylic acids is 1. The maximum atomic E-state index is 11.5. The number of rotatable bonds is 9. The molecule has 0 fully saturated rings. The van der Waals surface area contributed by atoms with E-state index in [4.69, 9.17) is 22.0 Å². The van der Waals surface area contributed by atoms with Gasteiger partial charge < -0.3 is 27.2 Å². The van der Waals surface area contributed by atoms with Gasteiger partial charge in [0.15, 0.2) is 5.96 Å². The molecule has 9 heteroatoms. The van der Waals surface area contributed by atoms with Crippen molar-refractivity contribution >= 4 is 30.5 Å². The van der Waals surface area contributed by atoms with Gasteiger partial charge in [0.25, 0.3) is 0 Å². The minimum absolute atomic E-state index is 0.122. The van der Waals surface area contributed by atoms with Crippen LogP contribution in [0, 0.1) is 5.41 Å². The fraction of sp³-hybridized carbons (Fsp3) is 0.700. The van der Waals surface area contributed by atoms with Crippen molar-refractivity contribution in [3.05, 3.63) is 0 Å². The summed E-state index contributed by atoms with van der Waals surface area (Å²) >= 11 is 3.87. The number of carbonyl (C=O) groups is 2. The molecular formula is C10H21N5O3S. The van der Waals surface area contributed by atoms with Gasteiger partial charge in [-0.25, -0.2) is 4.79 Å². The second-order valence-electron chi connectivity index (χ2n) is 4.02. The lowest BCUT2D eigenvalue weighted by Gasteiger charge is -2.16. The molecule has 0 radical (unpaired) electrons. The molecule has 0 unspecified atom stereocenters. The summed E-state index contributed by atoms with van der Waals surface area (Å²) in [7, 11) is 0. The smallest absolute Gasteiger partial charge is 0.326 e. The molecule has 0 rings (SSSR count). The van der Waals surface area contributed by atoms with Crippen LogP contribution in [0.2, 0.25) is 0 Å². The lowest BCUT2D eigenvalue weighted by Crippen LogP contribution is -2.49. The largest absolute Gasteiger partial charge is 0.480 e. The number of hydrogen-bond acceptors (Lipinski definition) is 5. The zero-order valence-corrected chi connectivity index (χ0v) is 11.5. The molecule has 0 aliphatic rings. The van der Waals surface area contributed by atoms with E-state index in [9.17, 15) is 9.59 Å². The summed E-state index contributed by atoms with van der Waals surface area (Å²) in [6.07, 6.45) is 1.52. The predicted molar refractivity (Wildman–Crippen MR) is 75.2 cm³/mol. The quantitative estimate of drug-likeness (QED) is 0.118. The lowest BCUT2D eigenvalue weighted by molar-refractivity contribution is -0.142. The Morgan fingerprint density at radius 2 is 2.00 bits per heavy atom. The van der Waals surface area contributed by atoms with Gasteiger partial charge in [0.1, 0.15) is 6.04 Å². The summed E-state index contributed by atoms with van der Waals surface area (Å²) < 4.78 is 0. The van der Waals surface area contributed by atoms with Gasteiger partial charge >= 0.3 is 5.97 Å². The van der Waals surface area contributed by atoms with Crippen molar-refractivity contribution in [1.82, 2.24) is 10.6 Å². The Morgan fingerprint density at radius 1 is 1.37 bits per heavy atom. The Labute approximate surface area is 117 Å². The van der Waals surface area contributed by atoms with Crippen molar-refractivity contribution < 1.29 is 14.7 Å². The molecule has 0 spiro atoms. The number of nitrogens with one attached hydrogen (secondary N) is 3. The van der Waals surface area contributed by atoms with Crippen molar-refractivity contribution in [3.8, 4) is 0 Å². The van der Waals surface area contributed by atoms with Gasteiger partial charge in [-0.05, 0) is 19.3 Å². The van der Waals surface area contributed by atoms with Crippen molar-refractivity contribution in [3.63, 3.8) is 0 Å². The van der Waals surface area contributed by atoms with Crippen LogP contribution in [-0.4, -0.2) is 47.3 Å². The van der Waals surface area contributed by atoms with Crippen molar-refractivity contribution in [1.29, 1.82) is 5.41 Å². The van der Waals surface area contributed by atoms with Gasteiger partial charge in [-0.1, -0.05) is 0 Å². The number of aliphatic carboxylic acids is 1. The topological polar surface area (TPSA) is 154 Å². The van der Waals surface area contributed by atoms with Gasteiger partial charge in [-0.2, -0.15) is 12.6 Å². The minimum Gasteiger partial charge on any atom is -0.480 e. The fourth-order valence-corrected chi connectivity index (χ4v) is 1.48. The first-order valence-corrected chi connectivity index (χ1v) is 6.49. The van der Waals surface area contributed by atoms with Crippen LogP contribution in [0.4, 0.5) is 0 Å². The molecule has 0 aromatic carbocycles. The molecule has 8 nitrogen and oxygen atoms in total. The molecule has 0 bridgehead atoms. The third-order valence-corrected chi connectivity index (χ3v) is 2.78. The first-order chi connectivity index (χ1) is 8.88. The van der Waals surface area contributed by atoms with Crippen LogP contribution in [0.1, 0.15) is 19.3 Å². The second kappa shape index (κ2) is 9.45. The highest BCUT2D eigenvalue weighted by molar-refractivity contribution is 7.80. The maximum Gasteiger partial charge on any atom is 0.326 e. The van der Waals surface area contributed by atoms with E-state index in [-0.39, 0.29) is 11.7 Å². The van der Waals surface area contributed by atoms with Crippen molar-refractivity contribution in [2.75, 3.05) is 12.3 Å². The third-order valence-electron chi connectivity index (χ3n) is 2.38. The number of nitrogens with two attached hydrogens (primary N) is 2. The van der Waals surface area contributed by atoms with E-state index in [0.717, 1.165) is 0 Å². The van der Waals surface area contributed by atoms with Gasteiger partial charge in [0.05, 0.1) is 6.04 Å². The normalized spacial score (nSPS) is 13.4. The maximum absolute atomic E-state index is 11.5. The van der Waals surface area contributed by atoms with E-state index >= 15 is 0 Å².